The molecule has 0 bridgehead atoms. The molecule has 0 radical (unpaired) electrons. The van der Waals surface area contributed by atoms with Crippen LogP contribution < -0.4 is 20.2 Å². The first-order valence-electron chi connectivity index (χ1n) is 10.4. The molecule has 3 rings (SSSR count). The summed E-state index contributed by atoms with van der Waals surface area (Å²) in [5.74, 6) is 0.505. The summed E-state index contributed by atoms with van der Waals surface area (Å²) >= 11 is 0. The van der Waals surface area contributed by atoms with E-state index in [0.717, 1.165) is 11.3 Å². The van der Waals surface area contributed by atoms with Crippen molar-refractivity contribution in [3.8, 4) is 11.5 Å². The number of ether oxygens (including phenoxy) is 2. The molecule has 170 valence electrons. The van der Waals surface area contributed by atoms with Crippen LogP contribution in [0.15, 0.2) is 72.1 Å². The number of hydrogen-bond donors (Lipinski definition) is 2. The van der Waals surface area contributed by atoms with Crippen LogP contribution in [0.4, 0.5) is 5.69 Å². The molecule has 2 aromatic carbocycles. The Balaban J connectivity index is 1.58. The standard InChI is InChI=1S/C25H26N4O4/c1-17(2)20-8-4-5-9-21(20)28-24(30)16-33-22-11-10-18(13-23(22)32-3)14-27-29-25(31)19-7-6-12-26-15-19/h4-15,17H,16H2,1-3H3,(H,28,30)(H,29,31). The first-order chi connectivity index (χ1) is 16.0. The molecule has 0 aliphatic carbocycles. The van der Waals surface area contributed by atoms with E-state index in [1.54, 1.807) is 36.5 Å². The van der Waals surface area contributed by atoms with E-state index in [2.05, 4.69) is 34.7 Å². The molecular weight excluding hydrogens is 420 g/mol. The average molecular weight is 447 g/mol. The molecule has 8 nitrogen and oxygen atoms in total. The van der Waals surface area contributed by atoms with Crippen molar-refractivity contribution in [2.45, 2.75) is 19.8 Å². The van der Waals surface area contributed by atoms with Crippen LogP contribution in [0.2, 0.25) is 0 Å². The number of pyridine rings is 1. The number of hydrazone groups is 1. The van der Waals surface area contributed by atoms with Crippen LogP contribution >= 0.6 is 0 Å². The minimum absolute atomic E-state index is 0.169. The van der Waals surface area contributed by atoms with Gasteiger partial charge in [0.2, 0.25) is 0 Å². The summed E-state index contributed by atoms with van der Waals surface area (Å²) in [7, 11) is 1.51. The van der Waals surface area contributed by atoms with Gasteiger partial charge in [-0.2, -0.15) is 5.10 Å². The van der Waals surface area contributed by atoms with Gasteiger partial charge in [0.1, 0.15) is 0 Å². The molecule has 8 heteroatoms. The lowest BCUT2D eigenvalue weighted by atomic mass is 10.0. The second-order valence-corrected chi connectivity index (χ2v) is 7.43. The van der Waals surface area contributed by atoms with E-state index in [4.69, 9.17) is 9.47 Å². The molecular formula is C25H26N4O4. The maximum atomic E-state index is 12.4. The number of para-hydroxylation sites is 1. The maximum Gasteiger partial charge on any atom is 0.272 e. The van der Waals surface area contributed by atoms with Gasteiger partial charge in [0.15, 0.2) is 18.1 Å². The van der Waals surface area contributed by atoms with E-state index >= 15 is 0 Å². The number of benzene rings is 2. The predicted molar refractivity (Wildman–Crippen MR) is 127 cm³/mol. The molecule has 1 heterocycles. The van der Waals surface area contributed by atoms with Crippen LogP contribution in [-0.2, 0) is 4.79 Å². The maximum absolute atomic E-state index is 12.4. The number of nitrogens with zero attached hydrogens (tertiary/aromatic N) is 2. The van der Waals surface area contributed by atoms with Crippen molar-refractivity contribution in [1.29, 1.82) is 0 Å². The Bertz CT molecular complexity index is 1130. The van der Waals surface area contributed by atoms with E-state index < -0.39 is 0 Å². The number of carbonyl (C=O) groups is 2. The highest BCUT2D eigenvalue weighted by Gasteiger charge is 2.12. The zero-order valence-electron chi connectivity index (χ0n) is 18.7. The van der Waals surface area contributed by atoms with Gasteiger partial charge in [-0.3, -0.25) is 14.6 Å². The zero-order valence-corrected chi connectivity index (χ0v) is 18.7. The van der Waals surface area contributed by atoms with Gasteiger partial charge in [0, 0.05) is 18.1 Å². The van der Waals surface area contributed by atoms with Crippen molar-refractivity contribution in [3.63, 3.8) is 0 Å². The number of hydrogen-bond acceptors (Lipinski definition) is 6. The van der Waals surface area contributed by atoms with Crippen LogP contribution in [0.5, 0.6) is 11.5 Å². The third kappa shape index (κ3) is 6.64. The van der Waals surface area contributed by atoms with E-state index in [-0.39, 0.29) is 24.3 Å². The van der Waals surface area contributed by atoms with Crippen molar-refractivity contribution in [3.05, 3.63) is 83.7 Å². The second-order valence-electron chi connectivity index (χ2n) is 7.43. The van der Waals surface area contributed by atoms with E-state index in [0.29, 0.717) is 22.6 Å². The van der Waals surface area contributed by atoms with Gasteiger partial charge in [0.25, 0.3) is 11.8 Å². The average Bonchev–Trinajstić information content (AvgIpc) is 2.83. The number of amides is 2. The Morgan fingerprint density at radius 2 is 1.91 bits per heavy atom. The van der Waals surface area contributed by atoms with Crippen molar-refractivity contribution in [1.82, 2.24) is 10.4 Å². The summed E-state index contributed by atoms with van der Waals surface area (Å²) < 4.78 is 11.0. The smallest absolute Gasteiger partial charge is 0.272 e. The largest absolute Gasteiger partial charge is 0.493 e. The Hall–Kier alpha value is -4.20. The van der Waals surface area contributed by atoms with Crippen molar-refractivity contribution in [2.24, 2.45) is 5.10 Å². The van der Waals surface area contributed by atoms with Gasteiger partial charge in [-0.25, -0.2) is 5.43 Å². The molecule has 0 saturated carbocycles. The quantitative estimate of drug-likeness (QED) is 0.382. The Labute approximate surface area is 192 Å². The molecule has 0 unspecified atom stereocenters. The van der Waals surface area contributed by atoms with Gasteiger partial charge in [-0.1, -0.05) is 32.0 Å². The SMILES string of the molecule is COc1cc(C=NNC(=O)c2cccnc2)ccc1OCC(=O)Nc1ccccc1C(C)C. The molecule has 0 atom stereocenters. The number of methoxy groups -OCH3 is 1. The molecule has 0 saturated heterocycles. The second kappa shape index (κ2) is 11.4. The predicted octanol–water partition coefficient (Wildman–Crippen LogP) is 4.00. The van der Waals surface area contributed by atoms with Crippen molar-refractivity contribution in [2.75, 3.05) is 19.0 Å². The Kier molecular flexibility index (Phi) is 8.13. The van der Waals surface area contributed by atoms with Crippen LogP contribution in [0, 0.1) is 0 Å². The summed E-state index contributed by atoms with van der Waals surface area (Å²) in [6.07, 6.45) is 4.53. The molecule has 2 N–H and O–H groups in total. The summed E-state index contributed by atoms with van der Waals surface area (Å²) in [5, 5.41) is 6.85. The fraction of sp³-hybridized carbons (Fsp3) is 0.200. The summed E-state index contributed by atoms with van der Waals surface area (Å²) in [6.45, 7) is 3.97. The zero-order chi connectivity index (χ0) is 23.6. The number of rotatable bonds is 9. The summed E-state index contributed by atoms with van der Waals surface area (Å²) in [5.41, 5.74) is 5.36. The fourth-order valence-corrected chi connectivity index (χ4v) is 3.05. The highest BCUT2D eigenvalue weighted by Crippen LogP contribution is 2.28. The van der Waals surface area contributed by atoms with E-state index in [1.807, 2.05) is 24.3 Å². The van der Waals surface area contributed by atoms with Crippen LogP contribution in [0.3, 0.4) is 0 Å². The monoisotopic (exact) mass is 446 g/mol. The Morgan fingerprint density at radius 3 is 2.64 bits per heavy atom. The highest BCUT2D eigenvalue weighted by atomic mass is 16.5. The van der Waals surface area contributed by atoms with Crippen LogP contribution in [0.1, 0.15) is 41.3 Å². The molecule has 2 amide bonds. The van der Waals surface area contributed by atoms with Gasteiger partial charge in [-0.15, -0.1) is 0 Å². The first kappa shape index (κ1) is 23.5. The van der Waals surface area contributed by atoms with Crippen LogP contribution in [0.25, 0.3) is 0 Å². The Morgan fingerprint density at radius 1 is 1.09 bits per heavy atom. The summed E-state index contributed by atoms with van der Waals surface area (Å²) in [6, 6.07) is 16.1. The minimum atomic E-state index is -0.365. The van der Waals surface area contributed by atoms with E-state index in [9.17, 15) is 9.59 Å². The normalized spacial score (nSPS) is 10.8. The van der Waals surface area contributed by atoms with Crippen molar-refractivity contribution >= 4 is 23.7 Å². The number of anilines is 1. The minimum Gasteiger partial charge on any atom is -0.493 e. The first-order valence-corrected chi connectivity index (χ1v) is 10.4. The molecule has 0 aliphatic heterocycles. The lowest BCUT2D eigenvalue weighted by Crippen LogP contribution is -2.21. The number of aromatic nitrogens is 1. The van der Waals surface area contributed by atoms with Crippen LogP contribution in [-0.4, -0.2) is 36.7 Å². The third-order valence-electron chi connectivity index (χ3n) is 4.71. The van der Waals surface area contributed by atoms with Gasteiger partial charge in [-0.05, 0) is 53.4 Å². The number of nitrogens with one attached hydrogen (secondary N) is 2. The van der Waals surface area contributed by atoms with Gasteiger partial charge in [0.05, 0.1) is 18.9 Å². The molecule has 0 spiro atoms. The third-order valence-corrected chi connectivity index (χ3v) is 4.71. The topological polar surface area (TPSA) is 102 Å². The number of carbonyl (C=O) groups excluding carboxylic acids is 2. The van der Waals surface area contributed by atoms with Crippen molar-refractivity contribution < 1.29 is 19.1 Å². The molecule has 0 aliphatic rings. The van der Waals surface area contributed by atoms with Gasteiger partial charge >= 0.3 is 0 Å². The fourth-order valence-electron chi connectivity index (χ4n) is 3.05. The molecule has 3 aromatic rings. The lowest BCUT2D eigenvalue weighted by molar-refractivity contribution is -0.118. The van der Waals surface area contributed by atoms with E-state index in [1.165, 1.54) is 19.5 Å². The lowest BCUT2D eigenvalue weighted by Gasteiger charge is -2.15. The molecule has 33 heavy (non-hydrogen) atoms. The highest BCUT2D eigenvalue weighted by molar-refractivity contribution is 5.94. The van der Waals surface area contributed by atoms with Gasteiger partial charge < -0.3 is 14.8 Å². The molecule has 1 aromatic heterocycles. The summed E-state index contributed by atoms with van der Waals surface area (Å²) in [4.78, 5) is 28.3. The molecule has 0 fully saturated rings.